The second kappa shape index (κ2) is 4.67. The predicted octanol–water partition coefficient (Wildman–Crippen LogP) is 4.30. The summed E-state index contributed by atoms with van der Waals surface area (Å²) in [6, 6.07) is 14.7. The van der Waals surface area contributed by atoms with Crippen LogP contribution in [0.25, 0.3) is 10.8 Å². The van der Waals surface area contributed by atoms with Gasteiger partial charge in [0.2, 0.25) is 0 Å². The van der Waals surface area contributed by atoms with Crippen molar-refractivity contribution in [3.05, 3.63) is 48.0 Å². The van der Waals surface area contributed by atoms with Crippen LogP contribution in [0.2, 0.25) is 0 Å². The highest BCUT2D eigenvalue weighted by atomic mass is 35.5. The Balaban J connectivity index is 2.04. The van der Waals surface area contributed by atoms with Crippen LogP contribution in [-0.4, -0.2) is 12.7 Å². The highest BCUT2D eigenvalue weighted by molar-refractivity contribution is 6.22. The fraction of sp³-hybridized carbons (Fsp3) is 0.333. The molecule has 2 aromatic rings. The Kier molecular flexibility index (Phi) is 3.04. The molecule has 0 aliphatic carbocycles. The number of rotatable bonds is 2. The standard InChI is InChI=1S/C15H15ClO/c16-15(14-9-4-10-17-14)13-8-3-6-11-5-1-2-7-12(11)13/h1-3,5-8,14-15H,4,9-10H2. The van der Waals surface area contributed by atoms with Crippen LogP contribution in [0.5, 0.6) is 0 Å². The fourth-order valence-corrected chi connectivity index (χ4v) is 2.91. The van der Waals surface area contributed by atoms with Gasteiger partial charge in [-0.25, -0.2) is 0 Å². The van der Waals surface area contributed by atoms with Gasteiger partial charge in [0.25, 0.3) is 0 Å². The van der Waals surface area contributed by atoms with Gasteiger partial charge in [0, 0.05) is 6.61 Å². The molecule has 0 amide bonds. The van der Waals surface area contributed by atoms with Gasteiger partial charge in [-0.3, -0.25) is 0 Å². The van der Waals surface area contributed by atoms with Gasteiger partial charge < -0.3 is 4.74 Å². The van der Waals surface area contributed by atoms with E-state index >= 15 is 0 Å². The lowest BCUT2D eigenvalue weighted by Crippen LogP contribution is -2.12. The number of halogens is 1. The summed E-state index contributed by atoms with van der Waals surface area (Å²) in [5.41, 5.74) is 1.19. The highest BCUT2D eigenvalue weighted by Crippen LogP contribution is 2.35. The van der Waals surface area contributed by atoms with Crippen LogP contribution in [0, 0.1) is 0 Å². The number of alkyl halides is 1. The Morgan fingerprint density at radius 3 is 2.76 bits per heavy atom. The lowest BCUT2D eigenvalue weighted by Gasteiger charge is -2.18. The van der Waals surface area contributed by atoms with Crippen molar-refractivity contribution in [3.63, 3.8) is 0 Å². The van der Waals surface area contributed by atoms with E-state index in [4.69, 9.17) is 16.3 Å². The number of hydrogen-bond donors (Lipinski definition) is 0. The Bertz CT molecular complexity index is 512. The molecule has 2 unspecified atom stereocenters. The van der Waals surface area contributed by atoms with Gasteiger partial charge in [0.15, 0.2) is 0 Å². The predicted molar refractivity (Wildman–Crippen MR) is 71.5 cm³/mol. The summed E-state index contributed by atoms with van der Waals surface area (Å²) in [7, 11) is 0. The van der Waals surface area contributed by atoms with Crippen LogP contribution in [-0.2, 0) is 4.74 Å². The van der Waals surface area contributed by atoms with E-state index in [1.165, 1.54) is 16.3 Å². The van der Waals surface area contributed by atoms with Crippen molar-refractivity contribution in [2.24, 2.45) is 0 Å². The Hall–Kier alpha value is -1.05. The molecule has 3 rings (SSSR count). The van der Waals surface area contributed by atoms with Gasteiger partial charge in [0.05, 0.1) is 11.5 Å². The van der Waals surface area contributed by atoms with Gasteiger partial charge in [-0.2, -0.15) is 0 Å². The zero-order valence-electron chi connectivity index (χ0n) is 9.60. The van der Waals surface area contributed by atoms with E-state index in [2.05, 4.69) is 42.5 Å². The normalized spacial score (nSPS) is 21.8. The summed E-state index contributed by atoms with van der Waals surface area (Å²) >= 11 is 6.57. The zero-order valence-corrected chi connectivity index (χ0v) is 10.4. The minimum absolute atomic E-state index is 0.0383. The lowest BCUT2D eigenvalue weighted by atomic mass is 9.98. The van der Waals surface area contributed by atoms with Crippen molar-refractivity contribution < 1.29 is 4.74 Å². The number of benzene rings is 2. The van der Waals surface area contributed by atoms with E-state index < -0.39 is 0 Å². The molecule has 0 N–H and O–H groups in total. The van der Waals surface area contributed by atoms with Gasteiger partial charge in [-0.05, 0) is 29.2 Å². The third-order valence-electron chi connectivity index (χ3n) is 3.41. The summed E-state index contributed by atoms with van der Waals surface area (Å²) in [6.07, 6.45) is 2.36. The summed E-state index contributed by atoms with van der Waals surface area (Å²) in [6.45, 7) is 0.846. The molecule has 0 saturated carbocycles. The molecule has 2 aromatic carbocycles. The molecule has 1 aliphatic heterocycles. The molecular weight excluding hydrogens is 232 g/mol. The van der Waals surface area contributed by atoms with E-state index in [1.807, 2.05) is 0 Å². The quantitative estimate of drug-likeness (QED) is 0.718. The van der Waals surface area contributed by atoms with Crippen molar-refractivity contribution in [2.45, 2.75) is 24.3 Å². The van der Waals surface area contributed by atoms with Gasteiger partial charge >= 0.3 is 0 Å². The molecule has 2 heteroatoms. The molecule has 0 aromatic heterocycles. The number of fused-ring (bicyclic) bond motifs is 1. The van der Waals surface area contributed by atoms with E-state index in [0.717, 1.165) is 19.4 Å². The molecule has 1 aliphatic rings. The fourth-order valence-electron chi connectivity index (χ4n) is 2.52. The van der Waals surface area contributed by atoms with Crippen molar-refractivity contribution in [1.29, 1.82) is 0 Å². The summed E-state index contributed by atoms with van der Waals surface area (Å²) in [5, 5.41) is 2.45. The maximum Gasteiger partial charge on any atom is 0.0853 e. The van der Waals surface area contributed by atoms with Gasteiger partial charge in [-0.1, -0.05) is 42.5 Å². The van der Waals surface area contributed by atoms with E-state index in [9.17, 15) is 0 Å². The van der Waals surface area contributed by atoms with Crippen LogP contribution in [0.4, 0.5) is 0 Å². The molecule has 1 saturated heterocycles. The van der Waals surface area contributed by atoms with Crippen molar-refractivity contribution in [3.8, 4) is 0 Å². The molecule has 1 fully saturated rings. The van der Waals surface area contributed by atoms with Crippen molar-refractivity contribution in [2.75, 3.05) is 6.61 Å². The topological polar surface area (TPSA) is 9.23 Å². The minimum atomic E-state index is -0.0383. The summed E-state index contributed by atoms with van der Waals surface area (Å²) in [5.74, 6) is 0. The van der Waals surface area contributed by atoms with Crippen LogP contribution in [0.3, 0.4) is 0 Å². The first-order chi connectivity index (χ1) is 8.36. The molecule has 1 nitrogen and oxygen atoms in total. The van der Waals surface area contributed by atoms with Crippen LogP contribution in [0.1, 0.15) is 23.8 Å². The largest absolute Gasteiger partial charge is 0.376 e. The maximum absolute atomic E-state index is 6.57. The highest BCUT2D eigenvalue weighted by Gasteiger charge is 2.26. The van der Waals surface area contributed by atoms with E-state index in [1.54, 1.807) is 0 Å². The molecule has 1 heterocycles. The van der Waals surface area contributed by atoms with E-state index in [0.29, 0.717) is 0 Å². The van der Waals surface area contributed by atoms with Crippen LogP contribution >= 0.6 is 11.6 Å². The molecule has 0 bridgehead atoms. The molecular formula is C15H15ClO. The molecule has 0 spiro atoms. The first-order valence-electron chi connectivity index (χ1n) is 6.09. The summed E-state index contributed by atoms with van der Waals surface area (Å²) in [4.78, 5) is 0. The third kappa shape index (κ3) is 2.05. The molecule has 88 valence electrons. The molecule has 17 heavy (non-hydrogen) atoms. The Labute approximate surface area is 106 Å². The van der Waals surface area contributed by atoms with Crippen LogP contribution < -0.4 is 0 Å². The number of hydrogen-bond acceptors (Lipinski definition) is 1. The average molecular weight is 247 g/mol. The van der Waals surface area contributed by atoms with Gasteiger partial charge in [0.1, 0.15) is 0 Å². The summed E-state index contributed by atoms with van der Waals surface area (Å²) < 4.78 is 5.69. The SMILES string of the molecule is ClC(c1cccc2ccccc12)C1CCCO1. The molecule has 0 radical (unpaired) electrons. The second-order valence-corrected chi connectivity index (χ2v) is 4.99. The number of ether oxygens (including phenoxy) is 1. The first kappa shape index (κ1) is 11.1. The molecule has 2 atom stereocenters. The minimum Gasteiger partial charge on any atom is -0.376 e. The maximum atomic E-state index is 6.57. The van der Waals surface area contributed by atoms with Crippen molar-refractivity contribution >= 4 is 22.4 Å². The van der Waals surface area contributed by atoms with Gasteiger partial charge in [-0.15, -0.1) is 11.6 Å². The smallest absolute Gasteiger partial charge is 0.0853 e. The Morgan fingerprint density at radius 1 is 1.12 bits per heavy atom. The lowest BCUT2D eigenvalue weighted by molar-refractivity contribution is 0.108. The van der Waals surface area contributed by atoms with E-state index in [-0.39, 0.29) is 11.5 Å². The van der Waals surface area contributed by atoms with Crippen molar-refractivity contribution in [1.82, 2.24) is 0 Å². The Morgan fingerprint density at radius 2 is 1.94 bits per heavy atom. The zero-order chi connectivity index (χ0) is 11.7. The third-order valence-corrected chi connectivity index (χ3v) is 3.93. The monoisotopic (exact) mass is 246 g/mol. The average Bonchev–Trinajstić information content (AvgIpc) is 2.91. The first-order valence-corrected chi connectivity index (χ1v) is 6.53. The van der Waals surface area contributed by atoms with Crippen LogP contribution in [0.15, 0.2) is 42.5 Å². The second-order valence-electron chi connectivity index (χ2n) is 4.52.